The zero-order valence-corrected chi connectivity index (χ0v) is 17.4. The second kappa shape index (κ2) is 7.84. The van der Waals surface area contributed by atoms with Crippen molar-refractivity contribution in [2.45, 2.75) is 26.4 Å². The molecule has 9 heteroatoms. The molecule has 9 nitrogen and oxygen atoms in total. The maximum atomic E-state index is 9.98. The Balaban J connectivity index is 1.49. The first kappa shape index (κ1) is 19.3. The van der Waals surface area contributed by atoms with Crippen LogP contribution in [0.2, 0.25) is 0 Å². The molecule has 0 amide bonds. The van der Waals surface area contributed by atoms with Crippen LogP contribution in [0.4, 0.5) is 29.1 Å². The number of imidazole rings is 1. The molecule has 4 aromatic heterocycles. The molecule has 1 atom stereocenters. The summed E-state index contributed by atoms with van der Waals surface area (Å²) in [4.78, 5) is 20.3. The average Bonchev–Trinajstić information content (AvgIpc) is 3.35. The zero-order chi connectivity index (χ0) is 21.4. The van der Waals surface area contributed by atoms with Gasteiger partial charge in [0.2, 0.25) is 5.95 Å². The Labute approximate surface area is 179 Å². The van der Waals surface area contributed by atoms with Gasteiger partial charge >= 0.3 is 0 Å². The van der Waals surface area contributed by atoms with Crippen molar-refractivity contribution >= 4 is 34.7 Å². The number of hydrogen-bond donors (Lipinski definition) is 3. The summed E-state index contributed by atoms with van der Waals surface area (Å²) in [7, 11) is 0. The van der Waals surface area contributed by atoms with E-state index in [4.69, 9.17) is 0 Å². The van der Waals surface area contributed by atoms with Gasteiger partial charge in [0, 0.05) is 55.2 Å². The lowest BCUT2D eigenvalue weighted by Gasteiger charge is -2.19. The SMILES string of the molecule is Cc1cc(C)nc(Nc2nc(Nc3ccn4ccnc4c3)cc(N3CCC(O)C3)n2)c1. The predicted octanol–water partition coefficient (Wildman–Crippen LogP) is 3.19. The van der Waals surface area contributed by atoms with Crippen LogP contribution >= 0.6 is 0 Å². The van der Waals surface area contributed by atoms with Gasteiger partial charge in [-0.25, -0.2) is 9.97 Å². The molecular formula is C22H24N8O. The molecule has 1 aliphatic heterocycles. The van der Waals surface area contributed by atoms with Crippen molar-refractivity contribution in [3.05, 3.63) is 60.2 Å². The quantitative estimate of drug-likeness (QED) is 0.456. The molecule has 1 saturated heterocycles. The fraction of sp³-hybridized carbons (Fsp3) is 0.273. The van der Waals surface area contributed by atoms with E-state index in [9.17, 15) is 5.11 Å². The molecule has 1 aliphatic rings. The van der Waals surface area contributed by atoms with E-state index in [1.54, 1.807) is 6.20 Å². The van der Waals surface area contributed by atoms with E-state index < -0.39 is 0 Å². The summed E-state index contributed by atoms with van der Waals surface area (Å²) >= 11 is 0. The highest BCUT2D eigenvalue weighted by molar-refractivity contribution is 5.66. The number of aryl methyl sites for hydroxylation is 2. The van der Waals surface area contributed by atoms with Crippen molar-refractivity contribution in [3.63, 3.8) is 0 Å². The molecule has 0 aliphatic carbocycles. The van der Waals surface area contributed by atoms with Gasteiger partial charge in [0.25, 0.3) is 0 Å². The predicted molar refractivity (Wildman–Crippen MR) is 120 cm³/mol. The normalized spacial score (nSPS) is 16.1. The number of pyridine rings is 2. The van der Waals surface area contributed by atoms with E-state index in [1.807, 2.05) is 61.0 Å². The van der Waals surface area contributed by atoms with Gasteiger partial charge in [-0.3, -0.25) is 0 Å². The van der Waals surface area contributed by atoms with Crippen LogP contribution in [-0.4, -0.2) is 48.6 Å². The van der Waals surface area contributed by atoms with Gasteiger partial charge in [0.05, 0.1) is 6.10 Å². The minimum Gasteiger partial charge on any atom is -0.391 e. The van der Waals surface area contributed by atoms with Crippen LogP contribution in [0.1, 0.15) is 17.7 Å². The number of aliphatic hydroxyl groups excluding tert-OH is 1. The van der Waals surface area contributed by atoms with Crippen molar-refractivity contribution in [1.29, 1.82) is 0 Å². The van der Waals surface area contributed by atoms with Crippen molar-refractivity contribution < 1.29 is 5.11 Å². The molecule has 0 saturated carbocycles. The number of anilines is 5. The highest BCUT2D eigenvalue weighted by Gasteiger charge is 2.22. The Morgan fingerprint density at radius 3 is 2.68 bits per heavy atom. The van der Waals surface area contributed by atoms with E-state index in [0.717, 1.165) is 41.4 Å². The van der Waals surface area contributed by atoms with E-state index in [1.165, 1.54) is 0 Å². The number of aromatic nitrogens is 5. The number of fused-ring (bicyclic) bond motifs is 1. The number of hydrogen-bond acceptors (Lipinski definition) is 8. The van der Waals surface area contributed by atoms with Crippen LogP contribution in [0.15, 0.2) is 48.9 Å². The molecule has 5 rings (SSSR count). The summed E-state index contributed by atoms with van der Waals surface area (Å²) in [6.07, 6.45) is 6.00. The third kappa shape index (κ3) is 4.26. The number of nitrogens with one attached hydrogen (secondary N) is 2. The second-order valence-corrected chi connectivity index (χ2v) is 7.85. The lowest BCUT2D eigenvalue weighted by atomic mass is 10.2. The molecular weight excluding hydrogens is 392 g/mol. The summed E-state index contributed by atoms with van der Waals surface area (Å²) in [5, 5.41) is 16.6. The second-order valence-electron chi connectivity index (χ2n) is 7.85. The first-order valence-corrected chi connectivity index (χ1v) is 10.3. The summed E-state index contributed by atoms with van der Waals surface area (Å²) in [5.74, 6) is 2.54. The topological polar surface area (TPSA) is 104 Å². The standard InChI is InChI=1S/C22H24N8O/c1-14-9-15(2)24-18(10-14)26-22-27-19(12-21(28-22)30-7-4-17(31)13-30)25-16-3-6-29-8-5-23-20(29)11-16/h3,5-6,8-12,17,31H,4,7,13H2,1-2H3,(H2,24,25,26,27,28). The largest absolute Gasteiger partial charge is 0.391 e. The lowest BCUT2D eigenvalue weighted by Crippen LogP contribution is -2.23. The molecule has 0 radical (unpaired) electrons. The fourth-order valence-corrected chi connectivity index (χ4v) is 3.82. The number of aliphatic hydroxyl groups is 1. The van der Waals surface area contributed by atoms with Gasteiger partial charge in [-0.1, -0.05) is 0 Å². The van der Waals surface area contributed by atoms with Gasteiger partial charge < -0.3 is 25.0 Å². The van der Waals surface area contributed by atoms with Crippen molar-refractivity contribution in [2.75, 3.05) is 28.6 Å². The molecule has 158 valence electrons. The van der Waals surface area contributed by atoms with Gasteiger partial charge in [0.1, 0.15) is 23.1 Å². The minimum atomic E-state index is -0.341. The van der Waals surface area contributed by atoms with Crippen molar-refractivity contribution in [3.8, 4) is 0 Å². The first-order valence-electron chi connectivity index (χ1n) is 10.3. The molecule has 1 unspecified atom stereocenters. The lowest BCUT2D eigenvalue weighted by molar-refractivity contribution is 0.198. The van der Waals surface area contributed by atoms with Crippen molar-refractivity contribution in [1.82, 2.24) is 24.3 Å². The summed E-state index contributed by atoms with van der Waals surface area (Å²) in [6, 6.07) is 9.80. The highest BCUT2D eigenvalue weighted by atomic mass is 16.3. The van der Waals surface area contributed by atoms with Crippen LogP contribution in [0.5, 0.6) is 0 Å². The monoisotopic (exact) mass is 416 g/mol. The Morgan fingerprint density at radius 1 is 1.00 bits per heavy atom. The van der Waals surface area contributed by atoms with Crippen LogP contribution < -0.4 is 15.5 Å². The van der Waals surface area contributed by atoms with E-state index in [2.05, 4.69) is 35.5 Å². The number of β-amino-alcohol motifs (C(OH)–C–C–N with tert-alkyl or cyclic N) is 1. The first-order chi connectivity index (χ1) is 15.0. The number of nitrogens with zero attached hydrogens (tertiary/aromatic N) is 6. The molecule has 5 heterocycles. The third-order valence-corrected chi connectivity index (χ3v) is 5.21. The molecule has 0 bridgehead atoms. The van der Waals surface area contributed by atoms with Gasteiger partial charge in [-0.15, -0.1) is 0 Å². The number of rotatable bonds is 5. The third-order valence-electron chi connectivity index (χ3n) is 5.21. The summed E-state index contributed by atoms with van der Waals surface area (Å²) in [5.41, 5.74) is 3.76. The van der Waals surface area contributed by atoms with Crippen LogP contribution in [0.3, 0.4) is 0 Å². The molecule has 4 aromatic rings. The Morgan fingerprint density at radius 2 is 1.87 bits per heavy atom. The van der Waals surface area contributed by atoms with E-state index in [-0.39, 0.29) is 6.10 Å². The zero-order valence-electron chi connectivity index (χ0n) is 17.4. The van der Waals surface area contributed by atoms with E-state index >= 15 is 0 Å². The Bertz CT molecular complexity index is 1220. The van der Waals surface area contributed by atoms with Gasteiger partial charge in [-0.05, 0) is 44.0 Å². The summed E-state index contributed by atoms with van der Waals surface area (Å²) in [6.45, 7) is 5.29. The van der Waals surface area contributed by atoms with Crippen LogP contribution in [0.25, 0.3) is 5.65 Å². The van der Waals surface area contributed by atoms with Gasteiger partial charge in [-0.2, -0.15) is 9.97 Å². The Kier molecular flexibility index (Phi) is 4.87. The maximum Gasteiger partial charge on any atom is 0.232 e. The van der Waals surface area contributed by atoms with Crippen LogP contribution in [0, 0.1) is 13.8 Å². The minimum absolute atomic E-state index is 0.341. The smallest absolute Gasteiger partial charge is 0.232 e. The molecule has 0 spiro atoms. The Hall–Kier alpha value is -3.72. The molecule has 1 fully saturated rings. The highest BCUT2D eigenvalue weighted by Crippen LogP contribution is 2.26. The molecule has 0 aromatic carbocycles. The fourth-order valence-electron chi connectivity index (χ4n) is 3.82. The van der Waals surface area contributed by atoms with Crippen LogP contribution in [-0.2, 0) is 0 Å². The van der Waals surface area contributed by atoms with Crippen molar-refractivity contribution in [2.24, 2.45) is 0 Å². The van der Waals surface area contributed by atoms with E-state index in [0.29, 0.717) is 24.1 Å². The molecule has 3 N–H and O–H groups in total. The summed E-state index contributed by atoms with van der Waals surface area (Å²) < 4.78 is 1.95. The average molecular weight is 416 g/mol. The molecule has 31 heavy (non-hydrogen) atoms. The van der Waals surface area contributed by atoms with Gasteiger partial charge in [0.15, 0.2) is 0 Å². The maximum absolute atomic E-state index is 9.98.